The Kier molecular flexibility index (Phi) is 5.91. The molecule has 0 heterocycles. The molecule has 0 radical (unpaired) electrons. The average Bonchev–Trinajstić information content (AvgIpc) is 2.29. The van der Waals surface area contributed by atoms with E-state index >= 15 is 0 Å². The molecule has 0 saturated heterocycles. The van der Waals surface area contributed by atoms with Crippen LogP contribution in [0.1, 0.15) is 41.5 Å². The third-order valence-electron chi connectivity index (χ3n) is 3.89. The maximum atomic E-state index is 13.5. The van der Waals surface area contributed by atoms with Gasteiger partial charge in [0.05, 0.1) is 0 Å². The Balaban J connectivity index is 7.01. The summed E-state index contributed by atoms with van der Waals surface area (Å²) in [4.78, 5) is 11.8. The summed E-state index contributed by atoms with van der Waals surface area (Å²) in [5.41, 5.74) is -10.9. The van der Waals surface area contributed by atoms with E-state index in [1.54, 1.807) is 0 Å². The van der Waals surface area contributed by atoms with E-state index in [4.69, 9.17) is 4.74 Å². The topological polar surface area (TPSA) is 46.5 Å². The van der Waals surface area contributed by atoms with Crippen LogP contribution in [0, 0.1) is 11.3 Å². The maximum Gasteiger partial charge on any atom is 0.430 e. The van der Waals surface area contributed by atoms with Crippen molar-refractivity contribution < 1.29 is 41.0 Å². The van der Waals surface area contributed by atoms with E-state index in [9.17, 15) is 36.2 Å². The van der Waals surface area contributed by atoms with Crippen molar-refractivity contribution >= 4 is 5.97 Å². The molecule has 0 bridgehead atoms. The van der Waals surface area contributed by atoms with Gasteiger partial charge in [-0.2, -0.15) is 26.3 Å². The lowest BCUT2D eigenvalue weighted by atomic mass is 9.60. The van der Waals surface area contributed by atoms with Crippen LogP contribution in [0.4, 0.5) is 26.3 Å². The molecular formula is C15H22F6O3. The van der Waals surface area contributed by atoms with E-state index in [0.29, 0.717) is 0 Å². The van der Waals surface area contributed by atoms with Gasteiger partial charge in [0.1, 0.15) is 0 Å². The highest BCUT2D eigenvalue weighted by molar-refractivity contribution is 5.87. The predicted molar refractivity (Wildman–Crippen MR) is 75.0 cm³/mol. The number of carbonyl (C=O) groups is 1. The van der Waals surface area contributed by atoms with Gasteiger partial charge in [0.2, 0.25) is 0 Å². The Bertz CT molecular complexity index is 485. The van der Waals surface area contributed by atoms with Gasteiger partial charge in [0.25, 0.3) is 5.60 Å². The lowest BCUT2D eigenvalue weighted by molar-refractivity contribution is -0.431. The Hall–Kier alpha value is -1.25. The fourth-order valence-electron chi connectivity index (χ4n) is 2.99. The summed E-state index contributed by atoms with van der Waals surface area (Å²) >= 11 is 0. The minimum atomic E-state index is -6.14. The fourth-order valence-corrected chi connectivity index (χ4v) is 2.99. The van der Waals surface area contributed by atoms with Crippen LogP contribution in [0.3, 0.4) is 0 Å². The lowest BCUT2D eigenvalue weighted by Crippen LogP contribution is -2.77. The minimum Gasteiger partial charge on any atom is -0.451 e. The first kappa shape index (κ1) is 22.8. The number of hydrogen-bond donors (Lipinski definition) is 1. The molecule has 1 unspecified atom stereocenters. The zero-order valence-electron chi connectivity index (χ0n) is 14.3. The molecular weight excluding hydrogens is 342 g/mol. The molecule has 0 aliphatic rings. The summed E-state index contributed by atoms with van der Waals surface area (Å²) in [6.07, 6.45) is -12.3. The molecule has 0 aromatic carbocycles. The Labute approximate surface area is 136 Å². The number of aliphatic hydroxyl groups is 1. The van der Waals surface area contributed by atoms with Crippen LogP contribution >= 0.6 is 0 Å². The summed E-state index contributed by atoms with van der Waals surface area (Å²) in [6.45, 7) is 9.36. The van der Waals surface area contributed by atoms with Crippen molar-refractivity contribution in [3.05, 3.63) is 12.2 Å². The smallest absolute Gasteiger partial charge is 0.430 e. The van der Waals surface area contributed by atoms with Crippen molar-refractivity contribution in [2.45, 2.75) is 65.1 Å². The minimum absolute atomic E-state index is 0.393. The monoisotopic (exact) mass is 364 g/mol. The molecule has 0 aliphatic carbocycles. The maximum absolute atomic E-state index is 13.5. The van der Waals surface area contributed by atoms with Crippen LogP contribution in [0.15, 0.2) is 12.2 Å². The van der Waals surface area contributed by atoms with Crippen LogP contribution in [0.5, 0.6) is 0 Å². The van der Waals surface area contributed by atoms with E-state index in [0.717, 1.165) is 41.5 Å². The Morgan fingerprint density at radius 3 is 1.50 bits per heavy atom. The first-order valence-electron chi connectivity index (χ1n) is 7.02. The zero-order valence-corrected chi connectivity index (χ0v) is 14.3. The third-order valence-corrected chi connectivity index (χ3v) is 3.89. The van der Waals surface area contributed by atoms with Gasteiger partial charge in [-0.3, -0.25) is 0 Å². The van der Waals surface area contributed by atoms with Crippen LogP contribution in [-0.2, 0) is 9.53 Å². The van der Waals surface area contributed by atoms with Crippen LogP contribution < -0.4 is 0 Å². The molecule has 9 heteroatoms. The summed E-state index contributed by atoms with van der Waals surface area (Å²) in [5.74, 6) is -2.99. The standard InChI is InChI=1S/C15H22F6O3/c1-8(2)10(22)24-12(9(3)4,11(5,6)7)13(23,14(16,17)18)15(19,20)21/h9,23H,1H2,2-7H3. The number of alkyl halides is 6. The molecule has 0 spiro atoms. The second-order valence-electron chi connectivity index (χ2n) is 7.02. The first-order chi connectivity index (χ1) is 10.3. The molecule has 0 aromatic heterocycles. The largest absolute Gasteiger partial charge is 0.451 e. The van der Waals surface area contributed by atoms with Crippen LogP contribution in [0.2, 0.25) is 0 Å². The van der Waals surface area contributed by atoms with Gasteiger partial charge in [-0.1, -0.05) is 41.2 Å². The quantitative estimate of drug-likeness (QED) is 0.457. The molecule has 0 amide bonds. The fraction of sp³-hybridized carbons (Fsp3) is 0.800. The van der Waals surface area contributed by atoms with E-state index in [2.05, 4.69) is 6.58 Å². The molecule has 0 saturated carbocycles. The van der Waals surface area contributed by atoms with Gasteiger partial charge in [-0.05, 0) is 12.8 Å². The summed E-state index contributed by atoms with van der Waals surface area (Å²) in [6, 6.07) is 0. The van der Waals surface area contributed by atoms with Gasteiger partial charge in [0.15, 0.2) is 5.60 Å². The highest BCUT2D eigenvalue weighted by Crippen LogP contribution is 2.59. The number of ether oxygens (including phenoxy) is 1. The number of rotatable bonds is 4. The highest BCUT2D eigenvalue weighted by Gasteiger charge is 2.84. The summed E-state index contributed by atoms with van der Waals surface area (Å²) in [7, 11) is 0. The van der Waals surface area contributed by atoms with E-state index in [1.807, 2.05) is 0 Å². The van der Waals surface area contributed by atoms with Crippen molar-refractivity contribution in [1.82, 2.24) is 0 Å². The van der Waals surface area contributed by atoms with Crippen molar-refractivity contribution in [2.24, 2.45) is 11.3 Å². The van der Waals surface area contributed by atoms with Gasteiger partial charge in [-0.25, -0.2) is 4.79 Å². The van der Waals surface area contributed by atoms with Crippen molar-refractivity contribution in [2.75, 3.05) is 0 Å². The first-order valence-corrected chi connectivity index (χ1v) is 7.02. The Morgan fingerprint density at radius 2 is 1.33 bits per heavy atom. The second kappa shape index (κ2) is 6.24. The number of halogens is 6. The average molecular weight is 364 g/mol. The number of carbonyl (C=O) groups excluding carboxylic acids is 1. The zero-order chi connectivity index (χ0) is 19.9. The van der Waals surface area contributed by atoms with Gasteiger partial charge >= 0.3 is 18.3 Å². The van der Waals surface area contributed by atoms with E-state index < -0.39 is 46.4 Å². The molecule has 0 aromatic rings. The molecule has 0 rings (SSSR count). The van der Waals surface area contributed by atoms with Crippen molar-refractivity contribution in [3.8, 4) is 0 Å². The second-order valence-corrected chi connectivity index (χ2v) is 7.02. The van der Waals surface area contributed by atoms with E-state index in [-0.39, 0.29) is 0 Å². The SMILES string of the molecule is C=C(C)C(=O)OC(C(C)C)(C(C)(C)C)C(O)(C(F)(F)F)C(F)(F)F. The summed E-state index contributed by atoms with van der Waals surface area (Å²) in [5, 5.41) is 9.97. The molecule has 1 N–H and O–H groups in total. The van der Waals surface area contributed by atoms with E-state index in [1.165, 1.54) is 0 Å². The predicted octanol–water partition coefficient (Wildman–Crippen LogP) is 4.40. The molecule has 1 atom stereocenters. The lowest BCUT2D eigenvalue weighted by Gasteiger charge is -2.55. The Morgan fingerprint density at radius 1 is 1.00 bits per heavy atom. The van der Waals surface area contributed by atoms with Gasteiger partial charge in [-0.15, -0.1) is 0 Å². The third kappa shape index (κ3) is 3.27. The van der Waals surface area contributed by atoms with Crippen molar-refractivity contribution in [1.29, 1.82) is 0 Å². The van der Waals surface area contributed by atoms with Crippen LogP contribution in [0.25, 0.3) is 0 Å². The van der Waals surface area contributed by atoms with Gasteiger partial charge < -0.3 is 9.84 Å². The molecule has 142 valence electrons. The van der Waals surface area contributed by atoms with Crippen molar-refractivity contribution in [3.63, 3.8) is 0 Å². The molecule has 0 fully saturated rings. The molecule has 0 aliphatic heterocycles. The normalized spacial score (nSPS) is 16.8. The molecule has 3 nitrogen and oxygen atoms in total. The van der Waals surface area contributed by atoms with Gasteiger partial charge in [0, 0.05) is 11.0 Å². The number of hydrogen-bond acceptors (Lipinski definition) is 3. The number of esters is 1. The summed E-state index contributed by atoms with van der Waals surface area (Å²) < 4.78 is 85.4. The molecule has 24 heavy (non-hydrogen) atoms. The van der Waals surface area contributed by atoms with Crippen LogP contribution in [-0.4, -0.2) is 34.6 Å². The highest BCUT2D eigenvalue weighted by atomic mass is 19.4.